The summed E-state index contributed by atoms with van der Waals surface area (Å²) in [5, 5.41) is 7.98. The van der Waals surface area contributed by atoms with Gasteiger partial charge in [-0.25, -0.2) is 5.01 Å². The Morgan fingerprint density at radius 1 is 0.975 bits per heavy atom. The predicted octanol–water partition coefficient (Wildman–Crippen LogP) is 6.02. The number of piperidine rings is 1. The average molecular weight is 555 g/mol. The maximum Gasteiger partial charge on any atom is 0.258 e. The van der Waals surface area contributed by atoms with Crippen LogP contribution >= 0.6 is 11.6 Å². The molecule has 1 aromatic heterocycles. The second-order valence-corrected chi connectivity index (χ2v) is 10.8. The van der Waals surface area contributed by atoms with Gasteiger partial charge in [0, 0.05) is 33.5 Å². The van der Waals surface area contributed by atoms with Crippen molar-refractivity contribution >= 4 is 34.1 Å². The number of para-hydroxylation sites is 2. The fourth-order valence-corrected chi connectivity index (χ4v) is 6.02. The Hall–Kier alpha value is -3.94. The number of nitrogens with zero attached hydrogens (tertiary/aromatic N) is 3. The first kappa shape index (κ1) is 26.3. The van der Waals surface area contributed by atoms with Crippen molar-refractivity contribution in [1.82, 2.24) is 14.9 Å². The topological polar surface area (TPSA) is 78.0 Å². The van der Waals surface area contributed by atoms with E-state index in [1.165, 1.54) is 6.42 Å². The van der Waals surface area contributed by atoms with E-state index < -0.39 is 6.04 Å². The first-order valence-corrected chi connectivity index (χ1v) is 14.1. The van der Waals surface area contributed by atoms with Gasteiger partial charge in [-0.05, 0) is 55.8 Å². The molecule has 3 aromatic carbocycles. The lowest BCUT2D eigenvalue weighted by Crippen LogP contribution is -2.40. The maximum atomic E-state index is 13.8. The molecule has 4 aromatic rings. The Morgan fingerprint density at radius 3 is 2.48 bits per heavy atom. The van der Waals surface area contributed by atoms with E-state index in [1.807, 2.05) is 72.8 Å². The molecule has 0 unspecified atom stereocenters. The van der Waals surface area contributed by atoms with Gasteiger partial charge in [0.05, 0.1) is 31.0 Å². The van der Waals surface area contributed by atoms with E-state index in [9.17, 15) is 9.59 Å². The Balaban J connectivity index is 1.50. The van der Waals surface area contributed by atoms with Crippen LogP contribution in [0.1, 0.15) is 42.9 Å². The molecule has 1 N–H and O–H groups in total. The van der Waals surface area contributed by atoms with Crippen molar-refractivity contribution in [3.63, 3.8) is 0 Å². The zero-order chi connectivity index (χ0) is 27.6. The van der Waals surface area contributed by atoms with Gasteiger partial charge in [-0.2, -0.15) is 5.10 Å². The van der Waals surface area contributed by atoms with Crippen molar-refractivity contribution in [2.24, 2.45) is 5.10 Å². The van der Waals surface area contributed by atoms with Gasteiger partial charge in [0.1, 0.15) is 5.75 Å². The normalized spacial score (nSPS) is 17.7. The largest absolute Gasteiger partial charge is 0.496 e. The molecule has 1 fully saturated rings. The molecule has 0 bridgehead atoms. The van der Waals surface area contributed by atoms with E-state index in [0.29, 0.717) is 35.0 Å². The third-order valence-corrected chi connectivity index (χ3v) is 8.07. The van der Waals surface area contributed by atoms with Gasteiger partial charge in [0.2, 0.25) is 0 Å². The van der Waals surface area contributed by atoms with Crippen LogP contribution < -0.4 is 10.3 Å². The minimum Gasteiger partial charge on any atom is -0.496 e. The standard InChI is InChI=1S/C32H31ClN4O3/c1-40-28-12-6-4-10-24(28)27-19-26(35-37(27)29(38)20-36-17-7-2-8-18-36)31-30(21-13-15-22(33)16-14-21)23-9-3-5-11-25(23)34-32(31)39/h3-6,9-16,27H,2,7-8,17-20H2,1H3,(H,34,39)/t27-/m1/s1. The third kappa shape index (κ3) is 5.03. The summed E-state index contributed by atoms with van der Waals surface area (Å²) in [6.45, 7) is 2.10. The molecule has 1 amide bonds. The Kier molecular flexibility index (Phi) is 7.41. The number of nitrogens with one attached hydrogen (secondary N) is 1. The van der Waals surface area contributed by atoms with Crippen LogP contribution in [0.3, 0.4) is 0 Å². The monoisotopic (exact) mass is 554 g/mol. The third-order valence-electron chi connectivity index (χ3n) is 7.81. The number of halogens is 1. The molecule has 6 rings (SSSR count). The Labute approximate surface area is 238 Å². The number of aromatic amines is 1. The number of methoxy groups -OCH3 is 1. The number of likely N-dealkylation sites (tertiary alicyclic amines) is 1. The minimum atomic E-state index is -0.396. The summed E-state index contributed by atoms with van der Waals surface area (Å²) in [5.41, 5.74) is 4.02. The number of amides is 1. The van der Waals surface area contributed by atoms with Crippen LogP contribution in [0.5, 0.6) is 5.75 Å². The van der Waals surface area contributed by atoms with Gasteiger partial charge in [-0.1, -0.05) is 66.6 Å². The molecule has 0 saturated carbocycles. The van der Waals surface area contributed by atoms with Crippen molar-refractivity contribution in [1.29, 1.82) is 0 Å². The molecule has 8 heteroatoms. The van der Waals surface area contributed by atoms with Crippen molar-refractivity contribution in [3.05, 3.63) is 99.3 Å². The number of hydrazone groups is 1. The molecule has 204 valence electrons. The summed E-state index contributed by atoms with van der Waals surface area (Å²) in [6, 6.07) is 22.5. The number of fused-ring (bicyclic) bond motifs is 1. The Bertz CT molecular complexity index is 1640. The highest BCUT2D eigenvalue weighted by atomic mass is 35.5. The number of benzene rings is 3. The van der Waals surface area contributed by atoms with Crippen LogP contribution in [-0.4, -0.2) is 53.3 Å². The number of H-pyrrole nitrogens is 1. The van der Waals surface area contributed by atoms with Crippen molar-refractivity contribution < 1.29 is 9.53 Å². The summed E-state index contributed by atoms with van der Waals surface area (Å²) in [7, 11) is 1.63. The molecule has 2 aliphatic rings. The first-order valence-electron chi connectivity index (χ1n) is 13.7. The highest BCUT2D eigenvalue weighted by Gasteiger charge is 2.37. The number of aromatic nitrogens is 1. The number of hydrogen-bond donors (Lipinski definition) is 1. The lowest BCUT2D eigenvalue weighted by Gasteiger charge is -2.29. The van der Waals surface area contributed by atoms with Gasteiger partial charge in [0.25, 0.3) is 11.5 Å². The van der Waals surface area contributed by atoms with Crippen LogP contribution in [-0.2, 0) is 4.79 Å². The number of carbonyl (C=O) groups is 1. The fraction of sp³-hybridized carbons (Fsp3) is 0.281. The highest BCUT2D eigenvalue weighted by molar-refractivity contribution is 6.30. The summed E-state index contributed by atoms with van der Waals surface area (Å²) in [6.07, 6.45) is 3.76. The second kappa shape index (κ2) is 11.3. The van der Waals surface area contributed by atoms with Gasteiger partial charge in [-0.3, -0.25) is 14.5 Å². The molecule has 1 saturated heterocycles. The minimum absolute atomic E-state index is 0.0851. The van der Waals surface area contributed by atoms with E-state index in [0.717, 1.165) is 53.5 Å². The number of ether oxygens (including phenoxy) is 1. The van der Waals surface area contributed by atoms with Crippen LogP contribution in [0.15, 0.2) is 82.7 Å². The van der Waals surface area contributed by atoms with Gasteiger partial charge in [-0.15, -0.1) is 0 Å². The molecule has 2 aliphatic heterocycles. The molecule has 7 nitrogen and oxygen atoms in total. The summed E-state index contributed by atoms with van der Waals surface area (Å²) in [4.78, 5) is 32.8. The first-order chi connectivity index (χ1) is 19.5. The highest BCUT2D eigenvalue weighted by Crippen LogP contribution is 2.40. The molecule has 0 radical (unpaired) electrons. The van der Waals surface area contributed by atoms with E-state index in [-0.39, 0.29) is 11.5 Å². The predicted molar refractivity (Wildman–Crippen MR) is 159 cm³/mol. The van der Waals surface area contributed by atoms with E-state index in [1.54, 1.807) is 12.1 Å². The molecular formula is C32H31ClN4O3. The molecule has 0 aliphatic carbocycles. The number of hydrogen-bond acceptors (Lipinski definition) is 5. The number of pyridine rings is 1. The average Bonchev–Trinajstić information content (AvgIpc) is 3.42. The van der Waals surface area contributed by atoms with E-state index >= 15 is 0 Å². The van der Waals surface area contributed by atoms with E-state index in [2.05, 4.69) is 9.88 Å². The lowest BCUT2D eigenvalue weighted by atomic mass is 9.91. The van der Waals surface area contributed by atoms with Crippen LogP contribution in [0.2, 0.25) is 5.02 Å². The van der Waals surface area contributed by atoms with Crippen LogP contribution in [0.25, 0.3) is 22.0 Å². The van der Waals surface area contributed by atoms with Crippen LogP contribution in [0, 0.1) is 0 Å². The molecule has 40 heavy (non-hydrogen) atoms. The molecular weight excluding hydrogens is 524 g/mol. The molecule has 0 spiro atoms. The second-order valence-electron chi connectivity index (χ2n) is 10.3. The zero-order valence-electron chi connectivity index (χ0n) is 22.4. The lowest BCUT2D eigenvalue weighted by molar-refractivity contribution is -0.134. The molecule has 3 heterocycles. The van der Waals surface area contributed by atoms with E-state index in [4.69, 9.17) is 21.4 Å². The van der Waals surface area contributed by atoms with Gasteiger partial charge in [0.15, 0.2) is 0 Å². The maximum absolute atomic E-state index is 13.8. The fourth-order valence-electron chi connectivity index (χ4n) is 5.89. The summed E-state index contributed by atoms with van der Waals surface area (Å²) >= 11 is 6.21. The van der Waals surface area contributed by atoms with Crippen molar-refractivity contribution in [3.8, 4) is 16.9 Å². The number of carbonyl (C=O) groups excluding carboxylic acids is 1. The molecule has 1 atom stereocenters. The van der Waals surface area contributed by atoms with Crippen LogP contribution in [0.4, 0.5) is 0 Å². The summed E-state index contributed by atoms with van der Waals surface area (Å²) < 4.78 is 5.68. The van der Waals surface area contributed by atoms with Gasteiger partial charge >= 0.3 is 0 Å². The quantitative estimate of drug-likeness (QED) is 0.316. The smallest absolute Gasteiger partial charge is 0.258 e. The SMILES string of the molecule is COc1ccccc1[C@H]1CC(c2c(-c3ccc(Cl)cc3)c3ccccc3[nH]c2=O)=NN1C(=O)CN1CCCCC1. The van der Waals surface area contributed by atoms with Crippen molar-refractivity contribution in [2.75, 3.05) is 26.7 Å². The number of rotatable bonds is 6. The summed E-state index contributed by atoms with van der Waals surface area (Å²) in [5.74, 6) is 0.600. The van der Waals surface area contributed by atoms with Crippen molar-refractivity contribution in [2.45, 2.75) is 31.7 Å². The zero-order valence-corrected chi connectivity index (χ0v) is 23.2. The Morgan fingerprint density at radius 2 is 1.70 bits per heavy atom. The van der Waals surface area contributed by atoms with Gasteiger partial charge < -0.3 is 9.72 Å².